The standard InChI is InChI=1S/C56H88NO8P/c1-6-8-10-12-14-16-18-20-22-24-26-27-28-29-31-33-35-37-39-41-43-45-47-49-56(59)65-54(53-64-66(60,61)63-51-50-57(3,4)5)52-62-55(58)48-46-44-42-40-38-36-34-32-30-25-23-21-19-17-15-13-11-9-7-2/h8-11,14-17,20-23,26-27,29-32,35-38,42,44,54H,6-7,12-13,18-19,24-25,28,33-34,39-41,43,45-53H2,1-5H3/p+1/b10-8-,11-9-,16-14-,17-15-,22-20-,23-21-,27-26-,31-29-,32-30-,37-35-,38-36-,44-42-. The van der Waals surface area contributed by atoms with Crippen molar-refractivity contribution >= 4 is 19.8 Å². The minimum atomic E-state index is -4.42. The first-order valence-electron chi connectivity index (χ1n) is 24.6. The van der Waals surface area contributed by atoms with Crippen LogP contribution in [0.5, 0.6) is 0 Å². The number of hydrogen-bond acceptors (Lipinski definition) is 7. The molecule has 1 N–H and O–H groups in total. The van der Waals surface area contributed by atoms with Crippen LogP contribution in [-0.4, -0.2) is 74.9 Å². The van der Waals surface area contributed by atoms with Gasteiger partial charge >= 0.3 is 19.8 Å². The normalized spacial score (nSPS) is 14.7. The van der Waals surface area contributed by atoms with Crippen molar-refractivity contribution in [2.75, 3.05) is 47.5 Å². The molecule has 370 valence electrons. The molecule has 0 spiro atoms. The zero-order valence-electron chi connectivity index (χ0n) is 41.6. The summed E-state index contributed by atoms with van der Waals surface area (Å²) >= 11 is 0. The van der Waals surface area contributed by atoms with Crippen LogP contribution in [0.2, 0.25) is 0 Å². The zero-order chi connectivity index (χ0) is 48.5. The number of rotatable bonds is 42. The minimum Gasteiger partial charge on any atom is -0.462 e. The van der Waals surface area contributed by atoms with Gasteiger partial charge in [0.15, 0.2) is 6.10 Å². The predicted molar refractivity (Wildman–Crippen MR) is 279 cm³/mol. The number of carbonyl (C=O) groups excluding carboxylic acids is 2. The summed E-state index contributed by atoms with van der Waals surface area (Å²) in [6.07, 6.45) is 67.7. The SMILES string of the molecule is CC/C=C\C/C=C\C/C=C\C/C=C\C/C=C\C/C=C\CCCCCCC(=O)OC(COC(=O)CC/C=C\C/C=C\C/C=C\C/C=C\C/C=C\C/C=C\CC)COP(=O)(O)OCC[N+](C)(C)C. The summed E-state index contributed by atoms with van der Waals surface area (Å²) in [5.41, 5.74) is 0. The number of nitrogens with zero attached hydrogens (tertiary/aromatic N) is 1. The van der Waals surface area contributed by atoms with Gasteiger partial charge in [0.05, 0.1) is 27.7 Å². The largest absolute Gasteiger partial charge is 0.472 e. The van der Waals surface area contributed by atoms with Gasteiger partial charge in [0.25, 0.3) is 0 Å². The first-order chi connectivity index (χ1) is 32.0. The molecule has 0 aromatic heterocycles. The van der Waals surface area contributed by atoms with Gasteiger partial charge in [-0.3, -0.25) is 18.6 Å². The highest BCUT2D eigenvalue weighted by atomic mass is 31.2. The van der Waals surface area contributed by atoms with E-state index in [9.17, 15) is 19.0 Å². The van der Waals surface area contributed by atoms with Crippen LogP contribution < -0.4 is 0 Å². The molecule has 0 saturated carbocycles. The van der Waals surface area contributed by atoms with Crippen molar-refractivity contribution in [3.05, 3.63) is 146 Å². The van der Waals surface area contributed by atoms with Crippen LogP contribution in [0.1, 0.15) is 142 Å². The number of hydrogen-bond donors (Lipinski definition) is 1. The second-order valence-electron chi connectivity index (χ2n) is 16.7. The Balaban J connectivity index is 4.50. The fourth-order valence-corrected chi connectivity index (χ4v) is 6.37. The van der Waals surface area contributed by atoms with E-state index in [-0.39, 0.29) is 26.1 Å². The fraction of sp³-hybridized carbons (Fsp3) is 0.536. The Kier molecular flexibility index (Phi) is 43.2. The topological polar surface area (TPSA) is 108 Å². The molecule has 2 atom stereocenters. The third-order valence-corrected chi connectivity index (χ3v) is 10.4. The maximum absolute atomic E-state index is 12.7. The van der Waals surface area contributed by atoms with Gasteiger partial charge in [-0.2, -0.15) is 0 Å². The second-order valence-corrected chi connectivity index (χ2v) is 18.2. The average molecular weight is 935 g/mol. The third-order valence-electron chi connectivity index (χ3n) is 9.38. The molecule has 0 aromatic carbocycles. The molecule has 0 saturated heterocycles. The molecule has 10 heteroatoms. The molecule has 0 aromatic rings. The Morgan fingerprint density at radius 2 is 0.848 bits per heavy atom. The van der Waals surface area contributed by atoms with E-state index >= 15 is 0 Å². The third kappa shape index (κ3) is 49.3. The summed E-state index contributed by atoms with van der Waals surface area (Å²) in [7, 11) is 1.39. The molecule has 0 aliphatic carbocycles. The fourth-order valence-electron chi connectivity index (χ4n) is 5.63. The Morgan fingerprint density at radius 1 is 0.470 bits per heavy atom. The van der Waals surface area contributed by atoms with E-state index in [1.165, 1.54) is 0 Å². The number of esters is 2. The molecule has 0 bridgehead atoms. The monoisotopic (exact) mass is 935 g/mol. The highest BCUT2D eigenvalue weighted by Crippen LogP contribution is 2.43. The lowest BCUT2D eigenvalue weighted by Gasteiger charge is -2.24. The van der Waals surface area contributed by atoms with Gasteiger partial charge in [0.2, 0.25) is 0 Å². The number of unbranched alkanes of at least 4 members (excludes halogenated alkanes) is 4. The molecule has 0 amide bonds. The molecule has 9 nitrogen and oxygen atoms in total. The summed E-state index contributed by atoms with van der Waals surface area (Å²) in [6, 6.07) is 0. The van der Waals surface area contributed by atoms with E-state index in [1.54, 1.807) is 0 Å². The first kappa shape index (κ1) is 61.9. The summed E-state index contributed by atoms with van der Waals surface area (Å²) in [5, 5.41) is 0. The lowest BCUT2D eigenvalue weighted by Crippen LogP contribution is -2.37. The number of quaternary nitrogens is 1. The van der Waals surface area contributed by atoms with Gasteiger partial charge in [-0.05, 0) is 103 Å². The zero-order valence-corrected chi connectivity index (χ0v) is 42.5. The van der Waals surface area contributed by atoms with Crippen molar-refractivity contribution in [1.29, 1.82) is 0 Å². The van der Waals surface area contributed by atoms with E-state index < -0.39 is 32.5 Å². The average Bonchev–Trinajstić information content (AvgIpc) is 3.27. The van der Waals surface area contributed by atoms with Crippen molar-refractivity contribution in [2.24, 2.45) is 0 Å². The van der Waals surface area contributed by atoms with Gasteiger partial charge in [0.1, 0.15) is 19.8 Å². The van der Waals surface area contributed by atoms with E-state index in [0.717, 1.165) is 103 Å². The van der Waals surface area contributed by atoms with Crippen LogP contribution in [0.4, 0.5) is 0 Å². The Hall–Kier alpha value is -4.11. The Labute approximate surface area is 402 Å². The van der Waals surface area contributed by atoms with Crippen molar-refractivity contribution in [2.45, 2.75) is 148 Å². The van der Waals surface area contributed by atoms with Crippen molar-refractivity contribution < 1.29 is 42.1 Å². The van der Waals surface area contributed by atoms with Gasteiger partial charge in [-0.15, -0.1) is 0 Å². The van der Waals surface area contributed by atoms with Crippen molar-refractivity contribution in [1.82, 2.24) is 0 Å². The Morgan fingerprint density at radius 3 is 1.26 bits per heavy atom. The quantitative estimate of drug-likeness (QED) is 0.0212. The van der Waals surface area contributed by atoms with Crippen LogP contribution in [0.25, 0.3) is 0 Å². The van der Waals surface area contributed by atoms with Crippen LogP contribution in [-0.2, 0) is 32.7 Å². The molecule has 0 fully saturated rings. The molecule has 0 rings (SSSR count). The number of allylic oxidation sites excluding steroid dienone is 24. The summed E-state index contributed by atoms with van der Waals surface area (Å²) in [4.78, 5) is 35.5. The minimum absolute atomic E-state index is 0.00537. The lowest BCUT2D eigenvalue weighted by atomic mass is 10.1. The molecule has 0 aliphatic rings. The maximum Gasteiger partial charge on any atom is 0.472 e. The molecule has 0 radical (unpaired) electrons. The number of phosphoric ester groups is 1. The summed E-state index contributed by atoms with van der Waals surface area (Å²) < 4.78 is 34.3. The summed E-state index contributed by atoms with van der Waals surface area (Å²) in [6.45, 7) is 4.04. The predicted octanol–water partition coefficient (Wildman–Crippen LogP) is 14.8. The van der Waals surface area contributed by atoms with Crippen molar-refractivity contribution in [3.63, 3.8) is 0 Å². The molecule has 66 heavy (non-hydrogen) atoms. The van der Waals surface area contributed by atoms with E-state index in [4.69, 9.17) is 18.5 Å². The lowest BCUT2D eigenvalue weighted by molar-refractivity contribution is -0.870. The molecule has 0 aliphatic heterocycles. The number of carbonyl (C=O) groups is 2. The van der Waals surface area contributed by atoms with Crippen LogP contribution in [0.3, 0.4) is 0 Å². The summed E-state index contributed by atoms with van der Waals surface area (Å²) in [5.74, 6) is -0.942. The maximum atomic E-state index is 12.7. The van der Waals surface area contributed by atoms with Crippen LogP contribution in [0.15, 0.2) is 146 Å². The van der Waals surface area contributed by atoms with Gasteiger partial charge in [-0.25, -0.2) is 4.57 Å². The van der Waals surface area contributed by atoms with Crippen LogP contribution >= 0.6 is 7.82 Å². The highest BCUT2D eigenvalue weighted by molar-refractivity contribution is 7.47. The molecule has 2 unspecified atom stereocenters. The Bertz CT molecular complexity index is 1620. The second kappa shape index (κ2) is 46.0. The van der Waals surface area contributed by atoms with E-state index in [0.29, 0.717) is 23.9 Å². The smallest absolute Gasteiger partial charge is 0.462 e. The number of likely N-dealkylation sites (N-methyl/N-ethyl adjacent to an activating group) is 1. The van der Waals surface area contributed by atoms with E-state index in [1.807, 2.05) is 33.3 Å². The first-order valence-corrected chi connectivity index (χ1v) is 26.1. The molecular formula is C56H89NO8P+. The van der Waals surface area contributed by atoms with Gasteiger partial charge < -0.3 is 18.9 Å². The van der Waals surface area contributed by atoms with Crippen molar-refractivity contribution in [3.8, 4) is 0 Å². The van der Waals surface area contributed by atoms with Gasteiger partial charge in [0, 0.05) is 12.8 Å². The van der Waals surface area contributed by atoms with Gasteiger partial charge in [-0.1, -0.05) is 173 Å². The molecular weight excluding hydrogens is 846 g/mol. The highest BCUT2D eigenvalue weighted by Gasteiger charge is 2.27. The van der Waals surface area contributed by atoms with E-state index in [2.05, 4.69) is 148 Å². The number of ether oxygens (including phenoxy) is 2. The molecule has 0 heterocycles. The van der Waals surface area contributed by atoms with Crippen LogP contribution in [0, 0.1) is 0 Å². The number of phosphoric acid groups is 1.